The first-order valence-corrected chi connectivity index (χ1v) is 13.3. The summed E-state index contributed by atoms with van der Waals surface area (Å²) in [5.74, 6) is 0.762. The van der Waals surface area contributed by atoms with Gasteiger partial charge < -0.3 is 14.2 Å². The van der Waals surface area contributed by atoms with Crippen molar-refractivity contribution in [1.82, 2.24) is 4.57 Å². The van der Waals surface area contributed by atoms with E-state index in [4.69, 9.17) is 19.2 Å². The maximum atomic E-state index is 13.9. The first kappa shape index (κ1) is 24.7. The van der Waals surface area contributed by atoms with Gasteiger partial charge in [0, 0.05) is 16.0 Å². The van der Waals surface area contributed by atoms with E-state index in [1.807, 2.05) is 53.9 Å². The van der Waals surface area contributed by atoms with E-state index >= 15 is 0 Å². The Morgan fingerprint density at radius 1 is 1.08 bits per heavy atom. The second-order valence-corrected chi connectivity index (χ2v) is 10.0. The molecule has 0 saturated heterocycles. The fraction of sp³-hybridized carbons (Fsp3) is 0.179. The Morgan fingerprint density at radius 2 is 1.89 bits per heavy atom. The monoisotopic (exact) mass is 532 g/mol. The quantitative estimate of drug-likeness (QED) is 0.336. The summed E-state index contributed by atoms with van der Waals surface area (Å²) in [5, 5.41) is 1.93. The van der Waals surface area contributed by atoms with Gasteiger partial charge in [-0.3, -0.25) is 9.36 Å². The lowest BCUT2D eigenvalue weighted by Crippen LogP contribution is -2.39. The highest BCUT2D eigenvalue weighted by Crippen LogP contribution is 2.36. The number of rotatable bonds is 7. The Balaban J connectivity index is 1.81. The molecular weight excluding hydrogens is 508 g/mol. The number of thiophene rings is 1. The number of carbonyl (C=O) groups is 1. The molecule has 0 amide bonds. The zero-order chi connectivity index (χ0) is 25.9. The van der Waals surface area contributed by atoms with Gasteiger partial charge in [-0.25, -0.2) is 9.79 Å². The Kier molecular flexibility index (Phi) is 7.07. The number of thiazole rings is 1. The van der Waals surface area contributed by atoms with Crippen molar-refractivity contribution in [3.8, 4) is 11.5 Å². The fourth-order valence-corrected chi connectivity index (χ4v) is 6.07. The molecule has 9 heteroatoms. The van der Waals surface area contributed by atoms with Crippen LogP contribution in [0, 0.1) is 0 Å². The summed E-state index contributed by atoms with van der Waals surface area (Å²) in [6, 6.07) is 18.1. The number of benzene rings is 2. The summed E-state index contributed by atoms with van der Waals surface area (Å²) in [6.45, 7) is 1.97. The molecule has 0 N–H and O–H groups in total. The first-order chi connectivity index (χ1) is 18.0. The summed E-state index contributed by atoms with van der Waals surface area (Å²) < 4.78 is 18.4. The molecule has 0 radical (unpaired) electrons. The standard InChI is InChI=1S/C28H24N2O5S2/c1-4-35-27(32)23-24(17-9-6-5-7-10-17)29-28-30(25(23)21-11-8-14-36-21)26(31)22(37-28)16-18-15-19(33-2)12-13-20(18)34-3/h5-16,25H,4H2,1-3H3/b22-16+/t25-/m1/s1. The van der Waals surface area contributed by atoms with Gasteiger partial charge in [0.15, 0.2) is 4.80 Å². The molecule has 37 heavy (non-hydrogen) atoms. The minimum Gasteiger partial charge on any atom is -0.497 e. The second kappa shape index (κ2) is 10.6. The van der Waals surface area contributed by atoms with Crippen LogP contribution in [0.5, 0.6) is 11.5 Å². The number of methoxy groups -OCH3 is 2. The fourth-order valence-electron chi connectivity index (χ4n) is 4.25. The predicted octanol–water partition coefficient (Wildman–Crippen LogP) is 4.01. The molecule has 0 saturated carbocycles. The summed E-state index contributed by atoms with van der Waals surface area (Å²) in [5.41, 5.74) is 2.07. The Labute approximate surface area is 221 Å². The largest absolute Gasteiger partial charge is 0.497 e. The predicted molar refractivity (Wildman–Crippen MR) is 145 cm³/mol. The van der Waals surface area contributed by atoms with Crippen molar-refractivity contribution in [2.75, 3.05) is 20.8 Å². The highest BCUT2D eigenvalue weighted by molar-refractivity contribution is 7.10. The van der Waals surface area contributed by atoms with Gasteiger partial charge in [-0.05, 0) is 42.6 Å². The highest BCUT2D eigenvalue weighted by atomic mass is 32.1. The normalized spacial score (nSPS) is 15.2. The number of aromatic nitrogens is 1. The van der Waals surface area contributed by atoms with Crippen LogP contribution < -0.4 is 24.4 Å². The van der Waals surface area contributed by atoms with Crippen molar-refractivity contribution in [2.45, 2.75) is 13.0 Å². The number of nitrogens with zero attached hydrogens (tertiary/aromatic N) is 2. The molecule has 2 aromatic carbocycles. The zero-order valence-electron chi connectivity index (χ0n) is 20.5. The molecular formula is C28H24N2O5S2. The number of fused-ring (bicyclic) bond motifs is 1. The summed E-state index contributed by atoms with van der Waals surface area (Å²) >= 11 is 2.74. The van der Waals surface area contributed by atoms with Gasteiger partial charge in [0.25, 0.3) is 5.56 Å². The third-order valence-corrected chi connectivity index (χ3v) is 7.82. The van der Waals surface area contributed by atoms with E-state index < -0.39 is 12.0 Å². The van der Waals surface area contributed by atoms with Crippen LogP contribution in [0.15, 0.2) is 81.4 Å². The molecule has 0 aliphatic carbocycles. The van der Waals surface area contributed by atoms with E-state index in [9.17, 15) is 9.59 Å². The number of hydrogen-bond acceptors (Lipinski definition) is 8. The van der Waals surface area contributed by atoms with Gasteiger partial charge in [-0.1, -0.05) is 47.7 Å². The Hall–Kier alpha value is -3.95. The minimum absolute atomic E-state index is 0.210. The van der Waals surface area contributed by atoms with Crippen LogP contribution in [0.2, 0.25) is 0 Å². The Morgan fingerprint density at radius 3 is 2.57 bits per heavy atom. The molecule has 3 heterocycles. The van der Waals surface area contributed by atoms with Gasteiger partial charge in [0.1, 0.15) is 17.5 Å². The average Bonchev–Trinajstić information content (AvgIpc) is 3.57. The van der Waals surface area contributed by atoms with Gasteiger partial charge >= 0.3 is 5.97 Å². The van der Waals surface area contributed by atoms with E-state index in [1.54, 1.807) is 43.9 Å². The van der Waals surface area contributed by atoms with Crippen molar-refractivity contribution < 1.29 is 19.0 Å². The SMILES string of the molecule is CCOC(=O)C1=C(c2ccccc2)N=c2s/c(=C/c3cc(OC)ccc3OC)c(=O)n2[C@@H]1c1cccs1. The van der Waals surface area contributed by atoms with Crippen LogP contribution in [0.25, 0.3) is 11.8 Å². The van der Waals surface area contributed by atoms with E-state index in [0.29, 0.717) is 37.7 Å². The van der Waals surface area contributed by atoms with Gasteiger partial charge in [-0.2, -0.15) is 0 Å². The second-order valence-electron chi connectivity index (χ2n) is 8.05. The molecule has 5 rings (SSSR count). The molecule has 1 atom stereocenters. The van der Waals surface area contributed by atoms with Crippen molar-refractivity contribution in [2.24, 2.45) is 4.99 Å². The lowest BCUT2D eigenvalue weighted by Gasteiger charge is -2.24. The van der Waals surface area contributed by atoms with Crippen LogP contribution in [0.3, 0.4) is 0 Å². The minimum atomic E-state index is -0.667. The molecule has 1 aliphatic heterocycles. The molecule has 4 aromatic rings. The Bertz CT molecular complexity index is 1650. The smallest absolute Gasteiger partial charge is 0.338 e. The molecule has 188 valence electrons. The zero-order valence-corrected chi connectivity index (χ0v) is 22.1. The lowest BCUT2D eigenvalue weighted by atomic mass is 9.97. The van der Waals surface area contributed by atoms with E-state index in [0.717, 1.165) is 10.4 Å². The van der Waals surface area contributed by atoms with E-state index in [1.165, 1.54) is 22.7 Å². The maximum Gasteiger partial charge on any atom is 0.338 e. The highest BCUT2D eigenvalue weighted by Gasteiger charge is 2.35. The average molecular weight is 533 g/mol. The molecule has 0 bridgehead atoms. The summed E-state index contributed by atoms with van der Waals surface area (Å²) in [6.07, 6.45) is 1.77. The van der Waals surface area contributed by atoms with Gasteiger partial charge in [0.2, 0.25) is 0 Å². The summed E-state index contributed by atoms with van der Waals surface area (Å²) in [4.78, 5) is 33.5. The molecule has 0 fully saturated rings. The van der Waals surface area contributed by atoms with Crippen molar-refractivity contribution >= 4 is 40.4 Å². The molecule has 0 spiro atoms. The van der Waals surface area contributed by atoms with Crippen molar-refractivity contribution in [3.63, 3.8) is 0 Å². The van der Waals surface area contributed by atoms with Crippen LogP contribution in [-0.2, 0) is 9.53 Å². The molecule has 2 aromatic heterocycles. The molecule has 7 nitrogen and oxygen atoms in total. The number of ether oxygens (including phenoxy) is 3. The van der Waals surface area contributed by atoms with E-state index in [2.05, 4.69) is 0 Å². The number of hydrogen-bond donors (Lipinski definition) is 0. The van der Waals surface area contributed by atoms with Crippen LogP contribution in [-0.4, -0.2) is 31.4 Å². The maximum absolute atomic E-state index is 13.9. The van der Waals surface area contributed by atoms with Crippen LogP contribution >= 0.6 is 22.7 Å². The topological polar surface area (TPSA) is 79.1 Å². The van der Waals surface area contributed by atoms with E-state index in [-0.39, 0.29) is 12.2 Å². The third-order valence-electron chi connectivity index (χ3n) is 5.91. The van der Waals surface area contributed by atoms with Crippen molar-refractivity contribution in [1.29, 1.82) is 0 Å². The van der Waals surface area contributed by atoms with Crippen LogP contribution in [0.4, 0.5) is 0 Å². The molecule has 1 aliphatic rings. The van der Waals surface area contributed by atoms with Gasteiger partial charge in [-0.15, -0.1) is 11.3 Å². The first-order valence-electron chi connectivity index (χ1n) is 11.6. The number of carbonyl (C=O) groups excluding carboxylic acids is 1. The summed E-state index contributed by atoms with van der Waals surface area (Å²) in [7, 11) is 3.16. The van der Waals surface area contributed by atoms with Crippen LogP contribution in [0.1, 0.15) is 29.0 Å². The molecule has 0 unspecified atom stereocenters. The van der Waals surface area contributed by atoms with Crippen molar-refractivity contribution in [3.05, 3.63) is 107 Å². The lowest BCUT2D eigenvalue weighted by molar-refractivity contribution is -0.138. The number of esters is 1. The third kappa shape index (κ3) is 4.63. The van der Waals surface area contributed by atoms with Gasteiger partial charge in [0.05, 0.1) is 36.6 Å².